The second-order valence-electron chi connectivity index (χ2n) is 6.77. The number of unbranched alkanes of at least 4 members (excludes halogenated alkanes) is 3. The van der Waals surface area contributed by atoms with E-state index < -0.39 is 0 Å². The highest BCUT2D eigenvalue weighted by atomic mass is 16.5. The molecule has 0 aliphatic carbocycles. The molecule has 4 heteroatoms. The molecule has 0 bridgehead atoms. The highest BCUT2D eigenvalue weighted by Crippen LogP contribution is 2.12. The molecule has 0 N–H and O–H groups in total. The number of rotatable bonds is 11. The van der Waals surface area contributed by atoms with Crippen LogP contribution in [0.1, 0.15) is 59.7 Å². The lowest BCUT2D eigenvalue weighted by molar-refractivity contribution is 0.0439. The molecule has 1 atom stereocenters. The number of carbonyl (C=O) groups excluding carboxylic acids is 2. The van der Waals surface area contributed by atoms with E-state index in [1.54, 1.807) is 24.3 Å². The zero-order valence-electron chi connectivity index (χ0n) is 15.9. The molecule has 0 heterocycles. The molecule has 0 aliphatic rings. The van der Waals surface area contributed by atoms with Crippen molar-refractivity contribution in [3.63, 3.8) is 0 Å². The van der Waals surface area contributed by atoms with Gasteiger partial charge in [0.2, 0.25) is 0 Å². The van der Waals surface area contributed by atoms with Crippen molar-refractivity contribution in [2.75, 3.05) is 13.2 Å². The van der Waals surface area contributed by atoms with E-state index >= 15 is 0 Å². The fraction of sp³-hybridized carbons (Fsp3) is 0.391. The predicted molar refractivity (Wildman–Crippen MR) is 106 cm³/mol. The van der Waals surface area contributed by atoms with Gasteiger partial charge in [0.05, 0.1) is 24.3 Å². The maximum Gasteiger partial charge on any atom is 0.338 e. The van der Waals surface area contributed by atoms with Gasteiger partial charge in [0, 0.05) is 0 Å². The first kappa shape index (κ1) is 20.7. The van der Waals surface area contributed by atoms with Crippen LogP contribution in [0.5, 0.6) is 0 Å². The van der Waals surface area contributed by atoms with Crippen molar-refractivity contribution < 1.29 is 19.1 Å². The highest BCUT2D eigenvalue weighted by Gasteiger charge is 2.09. The summed E-state index contributed by atoms with van der Waals surface area (Å²) in [4.78, 5) is 23.7. The average molecular weight is 368 g/mol. The summed E-state index contributed by atoms with van der Waals surface area (Å²) in [6.07, 6.45) is 5.08. The third kappa shape index (κ3) is 8.07. The van der Waals surface area contributed by atoms with Gasteiger partial charge in [-0.25, -0.2) is 9.59 Å². The average Bonchev–Trinajstić information content (AvgIpc) is 2.72. The molecule has 2 aromatic rings. The normalized spacial score (nSPS) is 11.6. The standard InChI is InChI=1S/C23H28O4/c1-19(18-27-23(25)21-15-9-5-10-16-21)12-6-2-3-11-17-26-22(24)20-13-7-4-8-14-20/h4-5,7-10,13-16,19H,2-3,6,11-12,17-18H2,1H3. The second kappa shape index (κ2) is 11.9. The molecular weight excluding hydrogens is 340 g/mol. The lowest BCUT2D eigenvalue weighted by Gasteiger charge is -2.12. The number of hydrogen-bond donors (Lipinski definition) is 0. The molecule has 0 amide bonds. The maximum absolute atomic E-state index is 11.9. The molecule has 4 nitrogen and oxygen atoms in total. The minimum absolute atomic E-state index is 0.260. The van der Waals surface area contributed by atoms with Gasteiger partial charge >= 0.3 is 11.9 Å². The first-order chi connectivity index (χ1) is 13.2. The van der Waals surface area contributed by atoms with Gasteiger partial charge < -0.3 is 9.47 Å². The van der Waals surface area contributed by atoms with Gasteiger partial charge in [0.1, 0.15) is 0 Å². The number of ether oxygens (including phenoxy) is 2. The van der Waals surface area contributed by atoms with Gasteiger partial charge in [-0.15, -0.1) is 0 Å². The quantitative estimate of drug-likeness (QED) is 0.400. The third-order valence-electron chi connectivity index (χ3n) is 4.34. The van der Waals surface area contributed by atoms with Gasteiger partial charge in [0.25, 0.3) is 0 Å². The van der Waals surface area contributed by atoms with E-state index in [0.29, 0.717) is 30.3 Å². The number of carbonyl (C=O) groups is 2. The van der Waals surface area contributed by atoms with Crippen LogP contribution >= 0.6 is 0 Å². The first-order valence-corrected chi connectivity index (χ1v) is 9.61. The van der Waals surface area contributed by atoms with E-state index in [2.05, 4.69) is 6.92 Å². The molecule has 2 rings (SSSR count). The molecule has 1 unspecified atom stereocenters. The van der Waals surface area contributed by atoms with Gasteiger partial charge in [-0.3, -0.25) is 0 Å². The van der Waals surface area contributed by atoms with Crippen LogP contribution in [-0.2, 0) is 9.47 Å². The smallest absolute Gasteiger partial charge is 0.338 e. The van der Waals surface area contributed by atoms with E-state index in [4.69, 9.17) is 9.47 Å². The summed E-state index contributed by atoms with van der Waals surface area (Å²) in [5.41, 5.74) is 1.19. The summed E-state index contributed by atoms with van der Waals surface area (Å²) >= 11 is 0. The van der Waals surface area contributed by atoms with Gasteiger partial charge in [-0.2, -0.15) is 0 Å². The van der Waals surface area contributed by atoms with Crippen LogP contribution in [0, 0.1) is 5.92 Å². The van der Waals surface area contributed by atoms with Crippen LogP contribution in [0.3, 0.4) is 0 Å². The van der Waals surface area contributed by atoms with E-state index in [0.717, 1.165) is 32.1 Å². The van der Waals surface area contributed by atoms with Crippen LogP contribution in [0.4, 0.5) is 0 Å². The second-order valence-corrected chi connectivity index (χ2v) is 6.77. The predicted octanol–water partition coefficient (Wildman–Crippen LogP) is 5.29. The summed E-state index contributed by atoms with van der Waals surface area (Å²) < 4.78 is 10.6. The van der Waals surface area contributed by atoms with Crippen molar-refractivity contribution in [2.24, 2.45) is 5.92 Å². The lowest BCUT2D eigenvalue weighted by atomic mass is 10.0. The Morgan fingerprint density at radius 3 is 1.85 bits per heavy atom. The van der Waals surface area contributed by atoms with Crippen molar-refractivity contribution in [1.29, 1.82) is 0 Å². The molecule has 144 valence electrons. The van der Waals surface area contributed by atoms with E-state index in [1.807, 2.05) is 36.4 Å². The Kier molecular flexibility index (Phi) is 9.11. The molecule has 0 aliphatic heterocycles. The van der Waals surface area contributed by atoms with Crippen molar-refractivity contribution in [1.82, 2.24) is 0 Å². The molecular formula is C23H28O4. The van der Waals surface area contributed by atoms with Crippen LogP contribution in [0.25, 0.3) is 0 Å². The van der Waals surface area contributed by atoms with Gasteiger partial charge in [-0.05, 0) is 43.0 Å². The number of hydrogen-bond acceptors (Lipinski definition) is 4. The van der Waals surface area contributed by atoms with Gasteiger partial charge in [-0.1, -0.05) is 62.6 Å². The third-order valence-corrected chi connectivity index (χ3v) is 4.34. The molecule has 0 radical (unpaired) electrons. The largest absolute Gasteiger partial charge is 0.462 e. The Balaban J connectivity index is 1.48. The van der Waals surface area contributed by atoms with Crippen LogP contribution < -0.4 is 0 Å². The summed E-state index contributed by atoms with van der Waals surface area (Å²) in [5.74, 6) is -0.180. The van der Waals surface area contributed by atoms with Crippen LogP contribution in [0.2, 0.25) is 0 Å². The Hall–Kier alpha value is -2.62. The van der Waals surface area contributed by atoms with Crippen LogP contribution in [0.15, 0.2) is 60.7 Å². The summed E-state index contributed by atoms with van der Waals surface area (Å²) in [6, 6.07) is 18.1. The topological polar surface area (TPSA) is 52.6 Å². The molecule has 0 spiro atoms. The molecule has 0 saturated carbocycles. The Morgan fingerprint density at radius 1 is 0.741 bits per heavy atom. The monoisotopic (exact) mass is 368 g/mol. The van der Waals surface area contributed by atoms with E-state index in [-0.39, 0.29) is 11.9 Å². The van der Waals surface area contributed by atoms with E-state index in [1.165, 1.54) is 0 Å². The minimum atomic E-state index is -0.261. The fourth-order valence-corrected chi connectivity index (χ4v) is 2.73. The zero-order valence-corrected chi connectivity index (χ0v) is 15.9. The molecule has 0 saturated heterocycles. The number of esters is 2. The minimum Gasteiger partial charge on any atom is -0.462 e. The highest BCUT2D eigenvalue weighted by molar-refractivity contribution is 5.89. The Morgan fingerprint density at radius 2 is 1.26 bits per heavy atom. The summed E-state index contributed by atoms with van der Waals surface area (Å²) in [5, 5.41) is 0. The lowest BCUT2D eigenvalue weighted by Crippen LogP contribution is -2.12. The van der Waals surface area contributed by atoms with Crippen molar-refractivity contribution in [3.05, 3.63) is 71.8 Å². The number of benzene rings is 2. The molecule has 0 aromatic heterocycles. The van der Waals surface area contributed by atoms with Crippen LogP contribution in [-0.4, -0.2) is 25.2 Å². The maximum atomic E-state index is 11.9. The first-order valence-electron chi connectivity index (χ1n) is 9.61. The zero-order chi connectivity index (χ0) is 19.3. The Labute approximate surface area is 161 Å². The Bertz CT molecular complexity index is 682. The van der Waals surface area contributed by atoms with Crippen molar-refractivity contribution in [2.45, 2.75) is 39.0 Å². The van der Waals surface area contributed by atoms with Crippen molar-refractivity contribution >= 4 is 11.9 Å². The van der Waals surface area contributed by atoms with E-state index in [9.17, 15) is 9.59 Å². The molecule has 0 fully saturated rings. The molecule has 27 heavy (non-hydrogen) atoms. The fourth-order valence-electron chi connectivity index (χ4n) is 2.73. The van der Waals surface area contributed by atoms with Crippen molar-refractivity contribution in [3.8, 4) is 0 Å². The summed E-state index contributed by atoms with van der Waals surface area (Å²) in [6.45, 7) is 3.00. The SMILES string of the molecule is CC(CCCCCCOC(=O)c1ccccc1)COC(=O)c1ccccc1. The summed E-state index contributed by atoms with van der Waals surface area (Å²) in [7, 11) is 0. The molecule has 2 aromatic carbocycles. The van der Waals surface area contributed by atoms with Gasteiger partial charge in [0.15, 0.2) is 0 Å².